The summed E-state index contributed by atoms with van der Waals surface area (Å²) >= 11 is 0. The molecule has 4 aromatic carbocycles. The quantitative estimate of drug-likeness (QED) is 0.120. The monoisotopic (exact) mass is 622 g/mol. The average Bonchev–Trinajstić information content (AvgIpc) is 3.06. The predicted octanol–water partition coefficient (Wildman–Crippen LogP) is 7.15. The lowest BCUT2D eigenvalue weighted by Crippen LogP contribution is -2.32. The molecule has 5 rings (SSSR count). The molecule has 0 bridgehead atoms. The third-order valence-electron chi connectivity index (χ3n) is 9.59. The Kier molecular flexibility index (Phi) is 11.2. The Morgan fingerprint density at radius 3 is 2.46 bits per heavy atom. The van der Waals surface area contributed by atoms with E-state index >= 15 is 0 Å². The van der Waals surface area contributed by atoms with Crippen LogP contribution in [-0.4, -0.2) is 44.9 Å². The van der Waals surface area contributed by atoms with Crippen LogP contribution in [0.1, 0.15) is 62.1 Å². The Hall–Kier alpha value is -4.02. The Morgan fingerprint density at radius 2 is 1.70 bits per heavy atom. The van der Waals surface area contributed by atoms with Crippen molar-refractivity contribution in [3.05, 3.63) is 89.5 Å². The topological polar surface area (TPSA) is 110 Å². The highest BCUT2D eigenvalue weighted by Gasteiger charge is 2.28. The van der Waals surface area contributed by atoms with Crippen molar-refractivity contribution in [2.45, 2.75) is 77.1 Å². The minimum atomic E-state index is -0.784. The second kappa shape index (κ2) is 15.5. The molecule has 0 spiro atoms. The number of benzene rings is 4. The van der Waals surface area contributed by atoms with Crippen LogP contribution in [0.5, 0.6) is 17.2 Å². The standard InChI is InChI=1S/C40H46O6/c1-26(21-27-9-4-3-5-10-27)28-11-6-7-14-36(43)34(13-8-12-28)37(44)19-16-29-17-20-38(45)40(46-2)39(29)35-24-30-15-18-33(42)23-31(30)22-32(35)25-41/h3-5,9-10,15,17-18,20,22-24,26,28,34,36-37,41-45H,6-7,11,13-14,16,19,21,25H2,1-2H3. The van der Waals surface area contributed by atoms with Crippen LogP contribution in [0.15, 0.2) is 72.8 Å². The van der Waals surface area contributed by atoms with Gasteiger partial charge in [-0.2, -0.15) is 0 Å². The van der Waals surface area contributed by atoms with Crippen LogP contribution in [0.3, 0.4) is 0 Å². The molecule has 0 aromatic heterocycles. The van der Waals surface area contributed by atoms with Crippen LogP contribution in [0, 0.1) is 29.6 Å². The van der Waals surface area contributed by atoms with E-state index in [0.717, 1.165) is 42.0 Å². The highest BCUT2D eigenvalue weighted by atomic mass is 16.5. The van der Waals surface area contributed by atoms with E-state index in [2.05, 4.69) is 43.0 Å². The highest BCUT2D eigenvalue weighted by Crippen LogP contribution is 2.43. The fourth-order valence-electron chi connectivity index (χ4n) is 6.93. The van der Waals surface area contributed by atoms with E-state index in [0.29, 0.717) is 54.0 Å². The lowest BCUT2D eigenvalue weighted by atomic mass is 9.81. The van der Waals surface area contributed by atoms with Gasteiger partial charge in [0.1, 0.15) is 5.75 Å². The molecule has 6 heteroatoms. The molecule has 5 atom stereocenters. The van der Waals surface area contributed by atoms with Crippen molar-refractivity contribution >= 4 is 10.8 Å². The molecule has 0 fully saturated rings. The van der Waals surface area contributed by atoms with Gasteiger partial charge in [0.2, 0.25) is 0 Å². The molecule has 0 radical (unpaired) electrons. The molecule has 0 saturated carbocycles. The second-order valence-corrected chi connectivity index (χ2v) is 12.8. The number of phenolic OH excluding ortho intramolecular Hbond substituents is 2. The SMILES string of the molecule is COc1c(O)ccc(CCC(O)C2CC#CC(C(C)Cc3ccccc3)CCCCC2O)c1-c1cc2ccc(O)cc2cc1CO. The second-order valence-electron chi connectivity index (χ2n) is 12.8. The van der Waals surface area contributed by atoms with Crippen LogP contribution in [-0.2, 0) is 19.4 Å². The maximum atomic E-state index is 11.5. The fraction of sp³-hybridized carbons (Fsp3) is 0.400. The van der Waals surface area contributed by atoms with E-state index < -0.39 is 12.2 Å². The molecule has 4 aromatic rings. The molecule has 0 heterocycles. The molecule has 0 amide bonds. The van der Waals surface area contributed by atoms with Gasteiger partial charge in [0, 0.05) is 23.8 Å². The van der Waals surface area contributed by atoms with E-state index in [1.807, 2.05) is 30.3 Å². The molecule has 1 aliphatic rings. The summed E-state index contributed by atoms with van der Waals surface area (Å²) in [5, 5.41) is 55.3. The maximum Gasteiger partial charge on any atom is 0.168 e. The lowest BCUT2D eigenvalue weighted by molar-refractivity contribution is 0.00553. The van der Waals surface area contributed by atoms with Gasteiger partial charge in [0.15, 0.2) is 11.5 Å². The molecule has 1 aliphatic carbocycles. The van der Waals surface area contributed by atoms with Crippen molar-refractivity contribution in [3.8, 4) is 40.2 Å². The fourth-order valence-corrected chi connectivity index (χ4v) is 6.93. The van der Waals surface area contributed by atoms with Gasteiger partial charge in [-0.25, -0.2) is 0 Å². The van der Waals surface area contributed by atoms with Crippen LogP contribution < -0.4 is 4.74 Å². The number of rotatable bonds is 10. The Labute approximate surface area is 272 Å². The van der Waals surface area contributed by atoms with Gasteiger partial charge in [0.05, 0.1) is 25.9 Å². The summed E-state index contributed by atoms with van der Waals surface area (Å²) in [6.45, 7) is 2.02. The third-order valence-corrected chi connectivity index (χ3v) is 9.59. The first-order valence-corrected chi connectivity index (χ1v) is 16.4. The highest BCUT2D eigenvalue weighted by molar-refractivity contribution is 5.92. The summed E-state index contributed by atoms with van der Waals surface area (Å²) in [5.41, 5.74) is 4.14. The summed E-state index contributed by atoms with van der Waals surface area (Å²) < 4.78 is 5.67. The zero-order chi connectivity index (χ0) is 32.6. The first-order valence-electron chi connectivity index (χ1n) is 16.4. The van der Waals surface area contributed by atoms with Gasteiger partial charge >= 0.3 is 0 Å². The van der Waals surface area contributed by atoms with Gasteiger partial charge < -0.3 is 30.3 Å². The number of aliphatic hydroxyl groups is 3. The minimum absolute atomic E-state index is 0.0226. The number of ether oxygens (including phenoxy) is 1. The zero-order valence-electron chi connectivity index (χ0n) is 26.8. The predicted molar refractivity (Wildman–Crippen MR) is 183 cm³/mol. The van der Waals surface area contributed by atoms with Crippen molar-refractivity contribution < 1.29 is 30.3 Å². The molecule has 0 saturated heterocycles. The molecule has 5 unspecified atom stereocenters. The van der Waals surface area contributed by atoms with Gasteiger partial charge in [-0.3, -0.25) is 0 Å². The normalized spacial score (nSPS) is 20.0. The largest absolute Gasteiger partial charge is 0.508 e. The van der Waals surface area contributed by atoms with Crippen LogP contribution in [0.2, 0.25) is 0 Å². The van der Waals surface area contributed by atoms with Gasteiger partial charge in [-0.05, 0) is 101 Å². The van der Waals surface area contributed by atoms with E-state index in [1.54, 1.807) is 18.2 Å². The van der Waals surface area contributed by atoms with Gasteiger partial charge in [-0.1, -0.05) is 68.2 Å². The molecule has 5 N–H and O–H groups in total. The summed E-state index contributed by atoms with van der Waals surface area (Å²) in [6, 6.07) is 22.7. The van der Waals surface area contributed by atoms with E-state index in [4.69, 9.17) is 4.74 Å². The van der Waals surface area contributed by atoms with Gasteiger partial charge in [0.25, 0.3) is 0 Å². The van der Waals surface area contributed by atoms with Crippen molar-refractivity contribution in [1.29, 1.82) is 0 Å². The van der Waals surface area contributed by atoms with Crippen molar-refractivity contribution in [3.63, 3.8) is 0 Å². The molecular weight excluding hydrogens is 576 g/mol. The summed E-state index contributed by atoms with van der Waals surface area (Å²) in [4.78, 5) is 0. The van der Waals surface area contributed by atoms with Crippen LogP contribution in [0.25, 0.3) is 21.9 Å². The van der Waals surface area contributed by atoms with Crippen LogP contribution in [0.4, 0.5) is 0 Å². The summed E-state index contributed by atoms with van der Waals surface area (Å²) in [5.74, 6) is 7.59. The van der Waals surface area contributed by atoms with Gasteiger partial charge in [-0.15, -0.1) is 5.92 Å². The molecule has 6 nitrogen and oxygen atoms in total. The Morgan fingerprint density at radius 1 is 0.913 bits per heavy atom. The number of methoxy groups -OCH3 is 1. The van der Waals surface area contributed by atoms with Crippen molar-refractivity contribution in [2.24, 2.45) is 17.8 Å². The number of hydrogen-bond acceptors (Lipinski definition) is 6. The first kappa shape index (κ1) is 33.3. The molecular formula is C40H46O6. The number of aryl methyl sites for hydroxylation is 1. The average molecular weight is 623 g/mol. The van der Waals surface area contributed by atoms with E-state index in [1.165, 1.54) is 12.7 Å². The number of phenols is 2. The minimum Gasteiger partial charge on any atom is -0.508 e. The third kappa shape index (κ3) is 7.85. The number of aliphatic hydroxyl groups excluding tert-OH is 3. The molecule has 242 valence electrons. The molecule has 46 heavy (non-hydrogen) atoms. The number of fused-ring (bicyclic) bond motifs is 1. The lowest BCUT2D eigenvalue weighted by Gasteiger charge is -2.28. The first-order chi connectivity index (χ1) is 22.3. The smallest absolute Gasteiger partial charge is 0.168 e. The van der Waals surface area contributed by atoms with E-state index in [-0.39, 0.29) is 29.9 Å². The Bertz CT molecular complexity index is 1670. The summed E-state index contributed by atoms with van der Waals surface area (Å²) in [6.07, 6.45) is 4.35. The summed E-state index contributed by atoms with van der Waals surface area (Å²) in [7, 11) is 1.50. The van der Waals surface area contributed by atoms with Crippen molar-refractivity contribution in [1.82, 2.24) is 0 Å². The van der Waals surface area contributed by atoms with Crippen LogP contribution >= 0.6 is 0 Å². The zero-order valence-corrected chi connectivity index (χ0v) is 26.8. The molecule has 0 aliphatic heterocycles. The number of hydrogen-bond donors (Lipinski definition) is 5. The van der Waals surface area contributed by atoms with E-state index in [9.17, 15) is 25.5 Å². The number of aromatic hydroxyl groups is 2. The maximum absolute atomic E-state index is 11.5. The Balaban J connectivity index is 1.38. The van der Waals surface area contributed by atoms with Crippen molar-refractivity contribution in [2.75, 3.05) is 7.11 Å².